The highest BCUT2D eigenvalue weighted by atomic mass is 31.2. The summed E-state index contributed by atoms with van der Waals surface area (Å²) in [5.41, 5.74) is 0.720. The lowest BCUT2D eigenvalue weighted by Crippen LogP contribution is -2.06. The van der Waals surface area contributed by atoms with Gasteiger partial charge in [0.15, 0.2) is 0 Å². The molecule has 0 radical (unpaired) electrons. The highest BCUT2D eigenvalue weighted by Crippen LogP contribution is 2.73. The number of carbonyl (C=O) groups is 1. The lowest BCUT2D eigenvalue weighted by atomic mass is 10.1. The molecule has 2 heterocycles. The first kappa shape index (κ1) is 11.7. The summed E-state index contributed by atoms with van der Waals surface area (Å²) in [6.07, 6.45) is -0.807. The molecule has 0 saturated carbocycles. The maximum Gasteiger partial charge on any atom is 0.722 e. The Balaban J connectivity index is 1.64. The van der Waals surface area contributed by atoms with Gasteiger partial charge in [-0.05, 0) is 17.7 Å². The first-order valence-corrected chi connectivity index (χ1v) is 7.56. The largest absolute Gasteiger partial charge is 0.722 e. The molecular formula is C14H10O5P+. The van der Waals surface area contributed by atoms with Crippen LogP contribution in [0.3, 0.4) is 0 Å². The normalized spacial score (nSPS) is 22.0. The number of para-hydroxylation sites is 2. The van der Waals surface area contributed by atoms with E-state index in [2.05, 4.69) is 0 Å². The summed E-state index contributed by atoms with van der Waals surface area (Å²) in [6, 6.07) is 16.3. The maximum atomic E-state index is 12.0. The number of carbonyl (C=O) groups excluding carboxylic acids is 1. The highest BCUT2D eigenvalue weighted by Gasteiger charge is 2.70. The van der Waals surface area contributed by atoms with Crippen LogP contribution in [-0.4, -0.2) is 5.97 Å². The quantitative estimate of drug-likeness (QED) is 0.753. The number of hydrogen-bond acceptors (Lipinski definition) is 5. The summed E-state index contributed by atoms with van der Waals surface area (Å²) in [7, 11) is -3.11. The van der Waals surface area contributed by atoms with Crippen molar-refractivity contribution in [3.05, 3.63) is 60.2 Å². The predicted octanol–water partition coefficient (Wildman–Crippen LogP) is 3.45. The van der Waals surface area contributed by atoms with Crippen molar-refractivity contribution in [1.82, 2.24) is 0 Å². The first-order valence-electron chi connectivity index (χ1n) is 6.10. The van der Waals surface area contributed by atoms with Crippen LogP contribution in [0.4, 0.5) is 0 Å². The van der Waals surface area contributed by atoms with Gasteiger partial charge in [0.1, 0.15) is 0 Å². The van der Waals surface area contributed by atoms with Crippen LogP contribution in [0.1, 0.15) is 11.7 Å². The standard InChI is InChI=1S/C14H10O5P/c15-14-13(10-6-2-1-3-7-10)18-20(19-14)16-11-8-4-5-9-12(11)17-20/h1-9,13H/q+1. The number of hydrogen-bond donors (Lipinski definition) is 0. The molecular weight excluding hydrogens is 279 g/mol. The molecule has 2 aliphatic rings. The van der Waals surface area contributed by atoms with Crippen LogP contribution in [0.2, 0.25) is 0 Å². The van der Waals surface area contributed by atoms with E-state index in [1.54, 1.807) is 24.3 Å². The lowest BCUT2D eigenvalue weighted by molar-refractivity contribution is -0.136. The minimum Gasteiger partial charge on any atom is -0.243 e. The zero-order valence-electron chi connectivity index (χ0n) is 10.3. The fraction of sp³-hybridized carbons (Fsp3) is 0.0714. The molecule has 5 nitrogen and oxygen atoms in total. The van der Waals surface area contributed by atoms with E-state index in [9.17, 15) is 4.79 Å². The Bertz CT molecular complexity index is 647. The van der Waals surface area contributed by atoms with Crippen LogP contribution < -0.4 is 9.05 Å². The number of benzene rings is 2. The monoisotopic (exact) mass is 289 g/mol. The second-order valence-electron chi connectivity index (χ2n) is 4.38. The zero-order chi connectivity index (χ0) is 13.6. The van der Waals surface area contributed by atoms with Gasteiger partial charge >= 0.3 is 14.1 Å². The lowest BCUT2D eigenvalue weighted by Gasteiger charge is -2.04. The molecule has 100 valence electrons. The van der Waals surface area contributed by atoms with Gasteiger partial charge in [0.05, 0.1) is 0 Å². The molecule has 2 aromatic rings. The summed E-state index contributed by atoms with van der Waals surface area (Å²) in [6.45, 7) is 0. The van der Waals surface area contributed by atoms with Gasteiger partial charge in [-0.25, -0.2) is 18.4 Å². The summed E-state index contributed by atoms with van der Waals surface area (Å²) in [4.78, 5) is 12.0. The molecule has 4 rings (SSSR count). The molecule has 1 spiro atoms. The topological polar surface area (TPSA) is 54.0 Å². The second kappa shape index (κ2) is 4.20. The Kier molecular flexibility index (Phi) is 2.46. The Morgan fingerprint density at radius 2 is 1.40 bits per heavy atom. The Morgan fingerprint density at radius 1 is 0.800 bits per heavy atom. The smallest absolute Gasteiger partial charge is 0.243 e. The third kappa shape index (κ3) is 1.75. The van der Waals surface area contributed by atoms with Gasteiger partial charge in [0.25, 0.3) is 0 Å². The Morgan fingerprint density at radius 3 is 2.05 bits per heavy atom. The summed E-state index contributed by atoms with van der Waals surface area (Å²) in [5, 5.41) is 0. The Labute approximate surface area is 115 Å². The van der Waals surface area contributed by atoms with Crippen LogP contribution in [-0.2, 0) is 13.8 Å². The van der Waals surface area contributed by atoms with E-state index in [0.29, 0.717) is 11.5 Å². The van der Waals surface area contributed by atoms with Gasteiger partial charge in [-0.15, -0.1) is 4.52 Å². The van der Waals surface area contributed by atoms with Crippen LogP contribution in [0.15, 0.2) is 54.6 Å². The summed E-state index contributed by atoms with van der Waals surface area (Å²) < 4.78 is 22.2. The average molecular weight is 289 g/mol. The molecule has 1 atom stereocenters. The minimum atomic E-state index is -3.11. The SMILES string of the molecule is O=C1O[P+]2(Oc3ccccc3O2)OC1c1ccccc1. The van der Waals surface area contributed by atoms with Crippen molar-refractivity contribution in [3.8, 4) is 11.5 Å². The highest BCUT2D eigenvalue weighted by molar-refractivity contribution is 7.58. The van der Waals surface area contributed by atoms with Crippen LogP contribution in [0.25, 0.3) is 0 Å². The molecule has 2 aromatic carbocycles. The molecule has 0 amide bonds. The van der Waals surface area contributed by atoms with E-state index in [0.717, 1.165) is 5.56 Å². The molecule has 0 N–H and O–H groups in total. The summed E-state index contributed by atoms with van der Waals surface area (Å²) in [5.74, 6) is 0.571. The van der Waals surface area contributed by atoms with E-state index < -0.39 is 20.2 Å². The van der Waals surface area contributed by atoms with E-state index in [4.69, 9.17) is 18.1 Å². The van der Waals surface area contributed by atoms with Crippen molar-refractivity contribution >= 4 is 14.1 Å². The fourth-order valence-electron chi connectivity index (χ4n) is 2.12. The molecule has 0 aromatic heterocycles. The van der Waals surface area contributed by atoms with Crippen LogP contribution in [0, 0.1) is 0 Å². The molecule has 20 heavy (non-hydrogen) atoms. The number of fused-ring (bicyclic) bond motifs is 1. The van der Waals surface area contributed by atoms with Crippen molar-refractivity contribution in [2.45, 2.75) is 6.10 Å². The van der Waals surface area contributed by atoms with Crippen molar-refractivity contribution in [2.75, 3.05) is 0 Å². The molecule has 1 saturated heterocycles. The van der Waals surface area contributed by atoms with Crippen molar-refractivity contribution in [2.24, 2.45) is 0 Å². The average Bonchev–Trinajstić information content (AvgIpc) is 2.99. The zero-order valence-corrected chi connectivity index (χ0v) is 11.2. The van der Waals surface area contributed by atoms with Gasteiger partial charge in [0, 0.05) is 0 Å². The Hall–Kier alpha value is -2.10. The van der Waals surface area contributed by atoms with E-state index in [1.807, 2.05) is 30.3 Å². The fourth-order valence-corrected chi connectivity index (χ4v) is 3.92. The second-order valence-corrected chi connectivity index (χ2v) is 6.04. The van der Waals surface area contributed by atoms with Crippen LogP contribution in [0.5, 0.6) is 11.5 Å². The molecule has 1 unspecified atom stereocenters. The van der Waals surface area contributed by atoms with Gasteiger partial charge in [-0.1, -0.05) is 42.5 Å². The van der Waals surface area contributed by atoms with Crippen LogP contribution >= 0.6 is 8.17 Å². The third-order valence-corrected chi connectivity index (χ3v) is 4.74. The molecule has 1 fully saturated rings. The van der Waals surface area contributed by atoms with Gasteiger partial charge in [0.2, 0.25) is 17.6 Å². The third-order valence-electron chi connectivity index (χ3n) is 3.02. The van der Waals surface area contributed by atoms with Crippen molar-refractivity contribution in [1.29, 1.82) is 0 Å². The number of rotatable bonds is 1. The van der Waals surface area contributed by atoms with Crippen molar-refractivity contribution < 1.29 is 22.9 Å². The maximum absolute atomic E-state index is 12.0. The van der Waals surface area contributed by atoms with Gasteiger partial charge in [-0.3, -0.25) is 0 Å². The van der Waals surface area contributed by atoms with Crippen molar-refractivity contribution in [3.63, 3.8) is 0 Å². The molecule has 0 aliphatic carbocycles. The summed E-state index contributed by atoms with van der Waals surface area (Å²) >= 11 is 0. The molecule has 6 heteroatoms. The predicted molar refractivity (Wildman–Crippen MR) is 71.0 cm³/mol. The molecule has 2 aliphatic heterocycles. The van der Waals surface area contributed by atoms with Gasteiger partial charge < -0.3 is 0 Å². The first-order chi connectivity index (χ1) is 9.76. The molecule has 0 bridgehead atoms. The minimum absolute atomic E-state index is 0.489. The van der Waals surface area contributed by atoms with E-state index in [1.165, 1.54) is 0 Å². The van der Waals surface area contributed by atoms with E-state index >= 15 is 0 Å². The van der Waals surface area contributed by atoms with Gasteiger partial charge in [-0.2, -0.15) is 0 Å². The van der Waals surface area contributed by atoms with E-state index in [-0.39, 0.29) is 0 Å².